The van der Waals surface area contributed by atoms with Crippen molar-refractivity contribution in [1.82, 2.24) is 15.5 Å². The number of nitrogens with one attached hydrogen (secondary N) is 1. The van der Waals surface area contributed by atoms with Gasteiger partial charge in [0.05, 0.1) is 11.5 Å². The summed E-state index contributed by atoms with van der Waals surface area (Å²) < 4.78 is 27.9. The van der Waals surface area contributed by atoms with Crippen molar-refractivity contribution in [3.63, 3.8) is 0 Å². The van der Waals surface area contributed by atoms with E-state index in [1.807, 2.05) is 0 Å². The van der Waals surface area contributed by atoms with Gasteiger partial charge in [-0.15, -0.1) is 0 Å². The van der Waals surface area contributed by atoms with Crippen molar-refractivity contribution in [2.75, 3.05) is 18.1 Å². The molecule has 1 unspecified atom stereocenters. The molecule has 1 N–H and O–H groups in total. The molecule has 1 atom stereocenters. The Bertz CT molecular complexity index is 521. The number of hydrogen-bond donors (Lipinski definition) is 1. The predicted octanol–water partition coefficient (Wildman–Crippen LogP) is 0.266. The van der Waals surface area contributed by atoms with Crippen LogP contribution in [0.1, 0.15) is 36.9 Å². The molecule has 6 nitrogen and oxygen atoms in total. The van der Waals surface area contributed by atoms with E-state index in [0.717, 1.165) is 6.54 Å². The number of nitrogens with zero attached hydrogens (tertiary/aromatic N) is 2. The molecule has 0 aromatic carbocycles. The Balaban J connectivity index is 1.55. The lowest BCUT2D eigenvalue weighted by Gasteiger charge is -1.99. The topological polar surface area (TPSA) is 85.1 Å². The Hall–Kier alpha value is -0.950. The van der Waals surface area contributed by atoms with Crippen molar-refractivity contribution in [1.29, 1.82) is 0 Å². The molecule has 2 aliphatic rings. The summed E-state index contributed by atoms with van der Waals surface area (Å²) >= 11 is 0. The average molecular weight is 271 g/mol. The summed E-state index contributed by atoms with van der Waals surface area (Å²) in [5, 5.41) is 7.27. The summed E-state index contributed by atoms with van der Waals surface area (Å²) in [6.07, 6.45) is 3.84. The van der Waals surface area contributed by atoms with Crippen molar-refractivity contribution in [3.05, 3.63) is 11.7 Å². The van der Waals surface area contributed by atoms with Crippen LogP contribution in [0.4, 0.5) is 0 Å². The van der Waals surface area contributed by atoms with Gasteiger partial charge >= 0.3 is 0 Å². The fraction of sp³-hybridized carbons (Fsp3) is 0.818. The zero-order valence-electron chi connectivity index (χ0n) is 10.1. The Kier molecular flexibility index (Phi) is 3.11. The van der Waals surface area contributed by atoms with Crippen LogP contribution in [-0.2, 0) is 16.3 Å². The lowest BCUT2D eigenvalue weighted by atomic mass is 10.1. The van der Waals surface area contributed by atoms with Crippen LogP contribution >= 0.6 is 0 Å². The van der Waals surface area contributed by atoms with E-state index >= 15 is 0 Å². The second-order valence-electron chi connectivity index (χ2n) is 5.12. The number of aromatic nitrogens is 2. The predicted molar refractivity (Wildman–Crippen MR) is 65.0 cm³/mol. The zero-order valence-corrected chi connectivity index (χ0v) is 10.9. The van der Waals surface area contributed by atoms with E-state index in [0.29, 0.717) is 30.6 Å². The van der Waals surface area contributed by atoms with Gasteiger partial charge in [-0.2, -0.15) is 4.98 Å². The van der Waals surface area contributed by atoms with Gasteiger partial charge in [0.1, 0.15) is 0 Å². The van der Waals surface area contributed by atoms with Gasteiger partial charge in [0, 0.05) is 24.9 Å². The van der Waals surface area contributed by atoms with Crippen molar-refractivity contribution in [2.45, 2.75) is 37.6 Å². The monoisotopic (exact) mass is 271 g/mol. The van der Waals surface area contributed by atoms with Gasteiger partial charge in [-0.25, -0.2) is 8.42 Å². The lowest BCUT2D eigenvalue weighted by molar-refractivity contribution is 0.368. The molecule has 7 heteroatoms. The summed E-state index contributed by atoms with van der Waals surface area (Å²) in [6.45, 7) is 0.843. The standard InChI is InChI=1S/C11H17N3O3S/c15-18(16)6-4-8(7-18)11-13-10(17-14-11)3-5-12-9-1-2-9/h8-9,12H,1-7H2. The molecule has 2 fully saturated rings. The molecule has 0 amide bonds. The first-order valence-corrected chi connectivity index (χ1v) is 8.21. The number of rotatable bonds is 5. The molecule has 100 valence electrons. The fourth-order valence-corrected chi connectivity index (χ4v) is 3.94. The molecular formula is C11H17N3O3S. The van der Waals surface area contributed by atoms with E-state index in [9.17, 15) is 8.42 Å². The molecule has 1 aliphatic carbocycles. The number of hydrogen-bond acceptors (Lipinski definition) is 6. The van der Waals surface area contributed by atoms with Crippen molar-refractivity contribution in [3.8, 4) is 0 Å². The van der Waals surface area contributed by atoms with Crippen molar-refractivity contribution >= 4 is 9.84 Å². The summed E-state index contributed by atoms with van der Waals surface area (Å²) in [6, 6.07) is 0.673. The quantitative estimate of drug-likeness (QED) is 0.827. The first kappa shape index (κ1) is 12.1. The normalized spacial score (nSPS) is 26.6. The van der Waals surface area contributed by atoms with E-state index < -0.39 is 9.84 Å². The second kappa shape index (κ2) is 4.62. The first-order valence-electron chi connectivity index (χ1n) is 6.39. The molecule has 0 radical (unpaired) electrons. The maximum Gasteiger partial charge on any atom is 0.227 e. The Morgan fingerprint density at radius 1 is 1.33 bits per heavy atom. The highest BCUT2D eigenvalue weighted by atomic mass is 32.2. The van der Waals surface area contributed by atoms with Gasteiger partial charge in [0.2, 0.25) is 5.89 Å². The summed E-state index contributed by atoms with van der Waals surface area (Å²) in [5.41, 5.74) is 0. The van der Waals surface area contributed by atoms with Gasteiger partial charge in [-0.1, -0.05) is 5.16 Å². The van der Waals surface area contributed by atoms with Crippen molar-refractivity contribution in [2.24, 2.45) is 0 Å². The van der Waals surface area contributed by atoms with Crippen LogP contribution in [0.2, 0.25) is 0 Å². The summed E-state index contributed by atoms with van der Waals surface area (Å²) in [7, 11) is -2.89. The van der Waals surface area contributed by atoms with Crippen LogP contribution in [0.25, 0.3) is 0 Å². The molecule has 18 heavy (non-hydrogen) atoms. The van der Waals surface area contributed by atoms with Crippen LogP contribution in [0.3, 0.4) is 0 Å². The van der Waals surface area contributed by atoms with E-state index in [4.69, 9.17) is 4.52 Å². The number of sulfone groups is 1. The van der Waals surface area contributed by atoms with E-state index in [-0.39, 0.29) is 17.4 Å². The van der Waals surface area contributed by atoms with Gasteiger partial charge in [-0.05, 0) is 19.3 Å². The fourth-order valence-electron chi connectivity index (χ4n) is 2.20. The molecule has 2 heterocycles. The first-order chi connectivity index (χ1) is 8.62. The third-order valence-corrected chi connectivity index (χ3v) is 5.20. The molecule has 1 saturated heterocycles. The minimum absolute atomic E-state index is 0.0797. The molecule has 1 aromatic rings. The lowest BCUT2D eigenvalue weighted by Crippen LogP contribution is -2.19. The minimum atomic E-state index is -2.89. The highest BCUT2D eigenvalue weighted by Crippen LogP contribution is 2.26. The minimum Gasteiger partial charge on any atom is -0.339 e. The summed E-state index contributed by atoms with van der Waals surface area (Å²) in [4.78, 5) is 4.29. The second-order valence-corrected chi connectivity index (χ2v) is 7.35. The summed E-state index contributed by atoms with van der Waals surface area (Å²) in [5.74, 6) is 1.47. The average Bonchev–Trinajstić information content (AvgIpc) is 2.88. The highest BCUT2D eigenvalue weighted by molar-refractivity contribution is 7.91. The molecule has 1 saturated carbocycles. The van der Waals surface area contributed by atoms with Crippen molar-refractivity contribution < 1.29 is 12.9 Å². The molecule has 1 aromatic heterocycles. The third-order valence-electron chi connectivity index (χ3n) is 3.43. The zero-order chi connectivity index (χ0) is 12.6. The molecular weight excluding hydrogens is 254 g/mol. The van der Waals surface area contributed by atoms with Crippen LogP contribution in [-0.4, -0.2) is 42.7 Å². The van der Waals surface area contributed by atoms with Gasteiger partial charge < -0.3 is 9.84 Å². The van der Waals surface area contributed by atoms with Gasteiger partial charge in [-0.3, -0.25) is 0 Å². The van der Waals surface area contributed by atoms with Crippen LogP contribution < -0.4 is 5.32 Å². The highest BCUT2D eigenvalue weighted by Gasteiger charge is 2.32. The SMILES string of the molecule is O=S1(=O)CCC(c2noc(CCNC3CC3)n2)C1. The maximum atomic E-state index is 11.4. The smallest absolute Gasteiger partial charge is 0.227 e. The Morgan fingerprint density at radius 3 is 2.83 bits per heavy atom. The Morgan fingerprint density at radius 2 is 2.17 bits per heavy atom. The van der Waals surface area contributed by atoms with E-state index in [2.05, 4.69) is 15.5 Å². The van der Waals surface area contributed by atoms with Gasteiger partial charge in [0.15, 0.2) is 15.7 Å². The van der Waals surface area contributed by atoms with E-state index in [1.165, 1.54) is 12.8 Å². The van der Waals surface area contributed by atoms with E-state index in [1.54, 1.807) is 0 Å². The molecule has 0 bridgehead atoms. The molecule has 1 aliphatic heterocycles. The molecule has 0 spiro atoms. The third kappa shape index (κ3) is 2.89. The van der Waals surface area contributed by atoms with Crippen LogP contribution in [0.5, 0.6) is 0 Å². The van der Waals surface area contributed by atoms with Gasteiger partial charge in [0.25, 0.3) is 0 Å². The maximum absolute atomic E-state index is 11.4. The Labute approximate surface area is 106 Å². The molecule has 3 rings (SSSR count). The largest absolute Gasteiger partial charge is 0.339 e. The van der Waals surface area contributed by atoms with Crippen LogP contribution in [0, 0.1) is 0 Å². The van der Waals surface area contributed by atoms with Crippen LogP contribution in [0.15, 0.2) is 4.52 Å².